The van der Waals surface area contributed by atoms with E-state index in [0.29, 0.717) is 18.0 Å². The number of aromatic nitrogens is 2. The summed E-state index contributed by atoms with van der Waals surface area (Å²) in [5.74, 6) is 1.88. The summed E-state index contributed by atoms with van der Waals surface area (Å²) in [6, 6.07) is 19.4. The number of aryl methyl sites for hydroxylation is 2. The number of halogens is 1. The van der Waals surface area contributed by atoms with Crippen molar-refractivity contribution < 1.29 is 14.3 Å². The highest BCUT2D eigenvalue weighted by Gasteiger charge is 2.16. The number of benzene rings is 3. The van der Waals surface area contributed by atoms with Crippen molar-refractivity contribution in [2.75, 3.05) is 25.6 Å². The first kappa shape index (κ1) is 24.8. The molecule has 4 aromatic rings. The molecular formula is C27H29BrN4O3. The van der Waals surface area contributed by atoms with Crippen LogP contribution in [-0.4, -0.2) is 36.1 Å². The Morgan fingerprint density at radius 3 is 2.66 bits per heavy atom. The first-order valence-corrected chi connectivity index (χ1v) is 12.3. The predicted octanol–water partition coefficient (Wildman–Crippen LogP) is 5.38. The SMILES string of the molecule is COc1ccc(Br)c(CNCCCc2nc3ccccc3[nH]2)c1OCC(=O)Nc1ccc(C)cc1. The lowest BCUT2D eigenvalue weighted by molar-refractivity contribution is -0.118. The number of fused-ring (bicyclic) bond motifs is 1. The monoisotopic (exact) mass is 536 g/mol. The van der Waals surface area contributed by atoms with Crippen LogP contribution in [0.4, 0.5) is 5.69 Å². The van der Waals surface area contributed by atoms with Gasteiger partial charge < -0.3 is 25.1 Å². The summed E-state index contributed by atoms with van der Waals surface area (Å²) in [7, 11) is 1.59. The minimum Gasteiger partial charge on any atom is -0.493 e. The number of ether oxygens (including phenoxy) is 2. The number of aromatic amines is 1. The van der Waals surface area contributed by atoms with E-state index in [1.54, 1.807) is 7.11 Å². The van der Waals surface area contributed by atoms with Gasteiger partial charge in [0.25, 0.3) is 5.91 Å². The first-order chi connectivity index (χ1) is 17.0. The molecule has 3 aromatic carbocycles. The number of nitrogens with zero attached hydrogens (tertiary/aromatic N) is 1. The number of carbonyl (C=O) groups is 1. The largest absolute Gasteiger partial charge is 0.493 e. The first-order valence-electron chi connectivity index (χ1n) is 11.5. The topological polar surface area (TPSA) is 88.3 Å². The third-order valence-corrected chi connectivity index (χ3v) is 6.32. The van der Waals surface area contributed by atoms with Crippen LogP contribution < -0.4 is 20.1 Å². The van der Waals surface area contributed by atoms with E-state index in [2.05, 4.69) is 36.5 Å². The number of anilines is 1. The summed E-state index contributed by atoms with van der Waals surface area (Å²) < 4.78 is 12.3. The molecule has 35 heavy (non-hydrogen) atoms. The number of carbonyl (C=O) groups excluding carboxylic acids is 1. The molecule has 0 fully saturated rings. The fraction of sp³-hybridized carbons (Fsp3) is 0.259. The van der Waals surface area contributed by atoms with E-state index in [9.17, 15) is 4.79 Å². The molecule has 1 aromatic heterocycles. The number of para-hydroxylation sites is 2. The fourth-order valence-corrected chi connectivity index (χ4v) is 4.21. The zero-order valence-corrected chi connectivity index (χ0v) is 21.4. The molecule has 182 valence electrons. The van der Waals surface area contributed by atoms with Crippen LogP contribution in [0.2, 0.25) is 0 Å². The fourth-order valence-electron chi connectivity index (χ4n) is 3.76. The van der Waals surface area contributed by atoms with Crippen LogP contribution in [0.5, 0.6) is 11.5 Å². The van der Waals surface area contributed by atoms with Crippen molar-refractivity contribution in [1.29, 1.82) is 0 Å². The number of hydrogen-bond acceptors (Lipinski definition) is 5. The smallest absolute Gasteiger partial charge is 0.262 e. The molecule has 0 aliphatic carbocycles. The van der Waals surface area contributed by atoms with Crippen molar-refractivity contribution in [1.82, 2.24) is 15.3 Å². The highest BCUT2D eigenvalue weighted by molar-refractivity contribution is 9.10. The Kier molecular flexibility index (Phi) is 8.39. The lowest BCUT2D eigenvalue weighted by Gasteiger charge is -2.17. The van der Waals surface area contributed by atoms with Gasteiger partial charge >= 0.3 is 0 Å². The number of amides is 1. The summed E-state index contributed by atoms with van der Waals surface area (Å²) >= 11 is 3.61. The Morgan fingerprint density at radius 1 is 1.09 bits per heavy atom. The van der Waals surface area contributed by atoms with E-state index in [0.717, 1.165) is 57.5 Å². The van der Waals surface area contributed by atoms with Gasteiger partial charge in [-0.3, -0.25) is 4.79 Å². The zero-order valence-electron chi connectivity index (χ0n) is 19.9. The summed E-state index contributed by atoms with van der Waals surface area (Å²) in [4.78, 5) is 20.4. The number of H-pyrrole nitrogens is 1. The Hall–Kier alpha value is -3.36. The molecule has 4 rings (SSSR count). The van der Waals surface area contributed by atoms with Gasteiger partial charge in [-0.05, 0) is 56.3 Å². The van der Waals surface area contributed by atoms with Crippen molar-refractivity contribution >= 4 is 38.6 Å². The second-order valence-corrected chi connectivity index (χ2v) is 9.10. The molecule has 0 saturated carbocycles. The van der Waals surface area contributed by atoms with E-state index >= 15 is 0 Å². The molecule has 0 saturated heterocycles. The minimum absolute atomic E-state index is 0.125. The van der Waals surface area contributed by atoms with Crippen LogP contribution in [0.25, 0.3) is 11.0 Å². The van der Waals surface area contributed by atoms with Gasteiger partial charge in [0.15, 0.2) is 18.1 Å². The second kappa shape index (κ2) is 11.9. The summed E-state index contributed by atoms with van der Waals surface area (Å²) in [6.45, 7) is 3.24. The van der Waals surface area contributed by atoms with Crippen LogP contribution in [0.3, 0.4) is 0 Å². The molecule has 8 heteroatoms. The number of rotatable bonds is 11. The Labute approximate surface area is 213 Å². The van der Waals surface area contributed by atoms with Crippen LogP contribution in [0, 0.1) is 6.92 Å². The average molecular weight is 537 g/mol. The third kappa shape index (κ3) is 6.61. The molecule has 0 bridgehead atoms. The van der Waals surface area contributed by atoms with Crippen molar-refractivity contribution in [3.05, 3.63) is 82.1 Å². The van der Waals surface area contributed by atoms with E-state index in [1.807, 2.05) is 67.6 Å². The molecule has 1 amide bonds. The highest BCUT2D eigenvalue weighted by Crippen LogP contribution is 2.36. The molecular weight excluding hydrogens is 508 g/mol. The number of imidazole rings is 1. The maximum Gasteiger partial charge on any atom is 0.262 e. The summed E-state index contributed by atoms with van der Waals surface area (Å²) in [6.07, 6.45) is 1.78. The van der Waals surface area contributed by atoms with Gasteiger partial charge in [0, 0.05) is 28.7 Å². The number of methoxy groups -OCH3 is 1. The minimum atomic E-state index is -0.236. The van der Waals surface area contributed by atoms with Gasteiger partial charge in [-0.25, -0.2) is 4.98 Å². The van der Waals surface area contributed by atoms with Crippen molar-refractivity contribution in [2.24, 2.45) is 0 Å². The number of hydrogen-bond donors (Lipinski definition) is 3. The molecule has 0 unspecified atom stereocenters. The molecule has 0 spiro atoms. The molecule has 1 heterocycles. The maximum absolute atomic E-state index is 12.5. The highest BCUT2D eigenvalue weighted by atomic mass is 79.9. The average Bonchev–Trinajstić information content (AvgIpc) is 3.28. The van der Waals surface area contributed by atoms with Gasteiger partial charge in [0.2, 0.25) is 0 Å². The Morgan fingerprint density at radius 2 is 1.89 bits per heavy atom. The van der Waals surface area contributed by atoms with Crippen molar-refractivity contribution in [3.8, 4) is 11.5 Å². The summed E-state index contributed by atoms with van der Waals surface area (Å²) in [5.41, 5.74) is 4.81. The van der Waals surface area contributed by atoms with E-state index in [1.165, 1.54) is 0 Å². The van der Waals surface area contributed by atoms with Crippen LogP contribution in [0.1, 0.15) is 23.4 Å². The predicted molar refractivity (Wildman–Crippen MR) is 142 cm³/mol. The van der Waals surface area contributed by atoms with Crippen LogP contribution >= 0.6 is 15.9 Å². The second-order valence-electron chi connectivity index (χ2n) is 8.24. The lowest BCUT2D eigenvalue weighted by atomic mass is 10.1. The molecule has 7 nitrogen and oxygen atoms in total. The molecule has 0 aliphatic rings. The standard InChI is InChI=1S/C27H29BrN4O3/c1-18-9-11-19(12-10-18)30-26(33)17-35-27-20(21(28)13-14-24(27)34-2)16-29-15-5-8-25-31-22-6-3-4-7-23(22)32-25/h3-4,6-7,9-14,29H,5,8,15-17H2,1-2H3,(H,30,33)(H,31,32). The van der Waals surface area contributed by atoms with Gasteiger partial charge in [-0.15, -0.1) is 0 Å². The molecule has 0 atom stereocenters. The lowest BCUT2D eigenvalue weighted by Crippen LogP contribution is -2.22. The normalized spacial score (nSPS) is 10.9. The Bertz CT molecular complexity index is 1250. The van der Waals surface area contributed by atoms with E-state index < -0.39 is 0 Å². The van der Waals surface area contributed by atoms with Crippen LogP contribution in [-0.2, 0) is 17.8 Å². The maximum atomic E-state index is 12.5. The third-order valence-electron chi connectivity index (χ3n) is 5.58. The zero-order chi connectivity index (χ0) is 24.6. The van der Waals surface area contributed by atoms with Gasteiger partial charge in [0.1, 0.15) is 5.82 Å². The Balaban J connectivity index is 1.32. The van der Waals surface area contributed by atoms with Gasteiger partial charge in [-0.1, -0.05) is 45.8 Å². The van der Waals surface area contributed by atoms with Crippen molar-refractivity contribution in [2.45, 2.75) is 26.3 Å². The molecule has 3 N–H and O–H groups in total. The quantitative estimate of drug-likeness (QED) is 0.224. The molecule has 0 radical (unpaired) electrons. The van der Waals surface area contributed by atoms with Crippen molar-refractivity contribution in [3.63, 3.8) is 0 Å². The number of nitrogens with one attached hydrogen (secondary N) is 3. The van der Waals surface area contributed by atoms with Crippen LogP contribution in [0.15, 0.2) is 65.1 Å². The summed E-state index contributed by atoms with van der Waals surface area (Å²) in [5, 5.41) is 6.32. The van der Waals surface area contributed by atoms with Gasteiger partial charge in [0.05, 0.1) is 18.1 Å². The molecule has 0 aliphatic heterocycles. The van der Waals surface area contributed by atoms with E-state index in [4.69, 9.17) is 9.47 Å². The van der Waals surface area contributed by atoms with Gasteiger partial charge in [-0.2, -0.15) is 0 Å². The van der Waals surface area contributed by atoms with E-state index in [-0.39, 0.29) is 12.5 Å².